The zero-order valence-corrected chi connectivity index (χ0v) is 17.8. The molecule has 7 nitrogen and oxygen atoms in total. The summed E-state index contributed by atoms with van der Waals surface area (Å²) in [5.74, 6) is -0.0291. The van der Waals surface area contributed by atoms with E-state index in [1.54, 1.807) is 12.3 Å². The predicted molar refractivity (Wildman–Crippen MR) is 118 cm³/mol. The molecular formula is C20H23ClFN5O2S. The Labute approximate surface area is 182 Å². The van der Waals surface area contributed by atoms with Gasteiger partial charge < -0.3 is 20.4 Å². The first-order valence-corrected chi connectivity index (χ1v) is 11.0. The maximum atomic E-state index is 14.5. The van der Waals surface area contributed by atoms with E-state index in [4.69, 9.17) is 16.7 Å². The second kappa shape index (κ2) is 9.40. The number of benzene rings is 1. The van der Waals surface area contributed by atoms with E-state index in [1.165, 1.54) is 17.4 Å². The Morgan fingerprint density at radius 2 is 2.03 bits per heavy atom. The molecule has 3 N–H and O–H groups in total. The van der Waals surface area contributed by atoms with Gasteiger partial charge in [0, 0.05) is 44.0 Å². The fraction of sp³-hybridized carbons (Fsp3) is 0.400. The number of pyridine rings is 1. The molecule has 0 bridgehead atoms. The van der Waals surface area contributed by atoms with Crippen molar-refractivity contribution < 1.29 is 14.6 Å². The van der Waals surface area contributed by atoms with E-state index in [9.17, 15) is 9.50 Å². The number of anilines is 2. The number of aliphatic hydroxyl groups excluding tert-OH is 2. The van der Waals surface area contributed by atoms with Crippen molar-refractivity contribution in [2.24, 2.45) is 0 Å². The van der Waals surface area contributed by atoms with E-state index in [0.717, 1.165) is 15.8 Å². The van der Waals surface area contributed by atoms with Crippen LogP contribution in [-0.2, 0) is 6.42 Å². The lowest BCUT2D eigenvalue weighted by molar-refractivity contribution is 0.0224. The maximum Gasteiger partial charge on any atom is 0.186 e. The largest absolute Gasteiger partial charge is 0.396 e. The lowest BCUT2D eigenvalue weighted by Gasteiger charge is -2.37. The van der Waals surface area contributed by atoms with Gasteiger partial charge in [0.1, 0.15) is 0 Å². The number of aromatic nitrogens is 2. The monoisotopic (exact) mass is 451 g/mol. The normalized spacial score (nSPS) is 16.2. The summed E-state index contributed by atoms with van der Waals surface area (Å²) in [6.45, 7) is 2.28. The lowest BCUT2D eigenvalue weighted by atomic mass is 10.1. The number of hydrogen-bond acceptors (Lipinski definition) is 8. The molecule has 3 heterocycles. The van der Waals surface area contributed by atoms with Crippen LogP contribution in [0.3, 0.4) is 0 Å². The molecule has 3 aromatic rings. The van der Waals surface area contributed by atoms with Crippen LogP contribution < -0.4 is 10.2 Å². The molecule has 0 aliphatic carbocycles. The van der Waals surface area contributed by atoms with E-state index in [1.807, 2.05) is 21.9 Å². The minimum Gasteiger partial charge on any atom is -0.396 e. The molecule has 1 aliphatic rings. The zero-order valence-electron chi connectivity index (χ0n) is 16.3. The van der Waals surface area contributed by atoms with Gasteiger partial charge in [-0.3, -0.25) is 4.90 Å². The molecule has 4 rings (SSSR count). The standard InChI is InChI=1S/C20H23ClFN5O2S/c21-14-3-4-16-17(11-14)30-19(24-16)25-20(29)27-7-5-26(6-8-27)18-15(22)10-13(12-23-18)2-1-9-28/h3-4,10-12,20,28-29H,1-2,5-9H2,(H,24,25). The summed E-state index contributed by atoms with van der Waals surface area (Å²) in [5.41, 5.74) is 1.61. The van der Waals surface area contributed by atoms with Crippen LogP contribution >= 0.6 is 22.9 Å². The highest BCUT2D eigenvalue weighted by atomic mass is 35.5. The average Bonchev–Trinajstić information content (AvgIpc) is 3.13. The number of nitrogens with zero attached hydrogens (tertiary/aromatic N) is 4. The molecule has 1 fully saturated rings. The van der Waals surface area contributed by atoms with Gasteiger partial charge in [0.2, 0.25) is 0 Å². The molecule has 0 saturated carbocycles. The van der Waals surface area contributed by atoms with E-state index in [0.29, 0.717) is 55.0 Å². The molecule has 0 spiro atoms. The summed E-state index contributed by atoms with van der Waals surface area (Å²) in [6.07, 6.45) is 1.97. The quantitative estimate of drug-likeness (QED) is 0.476. The summed E-state index contributed by atoms with van der Waals surface area (Å²) in [7, 11) is 0. The molecule has 1 atom stereocenters. The van der Waals surface area contributed by atoms with Gasteiger partial charge in [-0.05, 0) is 42.7 Å². The molecular weight excluding hydrogens is 429 g/mol. The third-order valence-corrected chi connectivity index (χ3v) is 6.25. The highest BCUT2D eigenvalue weighted by Crippen LogP contribution is 2.29. The van der Waals surface area contributed by atoms with Gasteiger partial charge >= 0.3 is 0 Å². The Kier molecular flexibility index (Phi) is 6.64. The van der Waals surface area contributed by atoms with Gasteiger partial charge in [-0.2, -0.15) is 0 Å². The fourth-order valence-corrected chi connectivity index (χ4v) is 4.62. The molecule has 10 heteroatoms. The number of hydrogen-bond donors (Lipinski definition) is 3. The summed E-state index contributed by atoms with van der Waals surface area (Å²) >= 11 is 7.45. The summed E-state index contributed by atoms with van der Waals surface area (Å²) in [4.78, 5) is 12.5. The van der Waals surface area contributed by atoms with Crippen molar-refractivity contribution in [3.63, 3.8) is 0 Å². The van der Waals surface area contributed by atoms with E-state index >= 15 is 0 Å². The SMILES string of the molecule is OCCCc1cnc(N2CCN(C(O)Nc3nc4ccc(Cl)cc4s3)CC2)c(F)c1. The Hall–Kier alpha value is -2.04. The Morgan fingerprint density at radius 1 is 1.23 bits per heavy atom. The number of thiazole rings is 1. The Balaban J connectivity index is 1.34. The van der Waals surface area contributed by atoms with Gasteiger partial charge in [-0.15, -0.1) is 0 Å². The van der Waals surface area contributed by atoms with Crippen LogP contribution in [0.4, 0.5) is 15.3 Å². The highest BCUT2D eigenvalue weighted by molar-refractivity contribution is 7.22. The molecule has 2 aromatic heterocycles. The molecule has 1 unspecified atom stereocenters. The molecule has 160 valence electrons. The first-order chi connectivity index (χ1) is 14.5. The number of aryl methyl sites for hydroxylation is 1. The first kappa shape index (κ1) is 21.2. The smallest absolute Gasteiger partial charge is 0.186 e. The number of nitrogens with one attached hydrogen (secondary N) is 1. The van der Waals surface area contributed by atoms with Crippen molar-refractivity contribution in [3.05, 3.63) is 46.9 Å². The Morgan fingerprint density at radius 3 is 2.77 bits per heavy atom. The number of halogens is 2. The third kappa shape index (κ3) is 4.81. The molecule has 1 aromatic carbocycles. The topological polar surface area (TPSA) is 84.8 Å². The second-order valence-electron chi connectivity index (χ2n) is 7.15. The minimum absolute atomic E-state index is 0.0758. The van der Waals surface area contributed by atoms with Gasteiger partial charge in [-0.1, -0.05) is 22.9 Å². The van der Waals surface area contributed by atoms with Crippen molar-refractivity contribution in [1.29, 1.82) is 0 Å². The van der Waals surface area contributed by atoms with Crippen LogP contribution in [0.5, 0.6) is 0 Å². The average molecular weight is 452 g/mol. The van der Waals surface area contributed by atoms with Crippen molar-refractivity contribution in [2.45, 2.75) is 19.2 Å². The number of rotatable bonds is 7. The maximum absolute atomic E-state index is 14.5. The fourth-order valence-electron chi connectivity index (χ4n) is 3.46. The third-order valence-electron chi connectivity index (χ3n) is 5.06. The molecule has 1 aliphatic heterocycles. The number of fused-ring (bicyclic) bond motifs is 1. The van der Waals surface area contributed by atoms with E-state index in [2.05, 4.69) is 15.3 Å². The van der Waals surface area contributed by atoms with Crippen LogP contribution in [0, 0.1) is 5.82 Å². The van der Waals surface area contributed by atoms with Crippen molar-refractivity contribution >= 4 is 44.1 Å². The minimum atomic E-state index is -0.887. The van der Waals surface area contributed by atoms with Crippen LogP contribution in [0.1, 0.15) is 12.0 Å². The summed E-state index contributed by atoms with van der Waals surface area (Å²) in [6, 6.07) is 6.97. The first-order valence-electron chi connectivity index (χ1n) is 9.78. The predicted octanol–water partition coefficient (Wildman–Crippen LogP) is 2.92. The van der Waals surface area contributed by atoms with Crippen LogP contribution in [0.15, 0.2) is 30.5 Å². The summed E-state index contributed by atoms with van der Waals surface area (Å²) < 4.78 is 15.4. The van der Waals surface area contributed by atoms with Gasteiger partial charge in [0.15, 0.2) is 23.1 Å². The lowest BCUT2D eigenvalue weighted by Crippen LogP contribution is -2.53. The number of piperazine rings is 1. The molecule has 30 heavy (non-hydrogen) atoms. The van der Waals surface area contributed by atoms with Crippen LogP contribution in [0.25, 0.3) is 10.2 Å². The van der Waals surface area contributed by atoms with Crippen LogP contribution in [-0.4, -0.2) is 64.2 Å². The molecule has 0 amide bonds. The van der Waals surface area contributed by atoms with Gasteiger partial charge in [0.05, 0.1) is 10.2 Å². The van der Waals surface area contributed by atoms with Gasteiger partial charge in [0.25, 0.3) is 0 Å². The van der Waals surface area contributed by atoms with Gasteiger partial charge in [-0.25, -0.2) is 14.4 Å². The molecule has 0 radical (unpaired) electrons. The van der Waals surface area contributed by atoms with Crippen molar-refractivity contribution in [1.82, 2.24) is 14.9 Å². The van der Waals surface area contributed by atoms with Crippen molar-refractivity contribution in [2.75, 3.05) is 43.0 Å². The number of aliphatic hydroxyl groups is 2. The highest BCUT2D eigenvalue weighted by Gasteiger charge is 2.25. The van der Waals surface area contributed by atoms with E-state index in [-0.39, 0.29) is 12.4 Å². The Bertz CT molecular complexity index is 1010. The van der Waals surface area contributed by atoms with Crippen molar-refractivity contribution in [3.8, 4) is 0 Å². The van der Waals surface area contributed by atoms with E-state index < -0.39 is 6.35 Å². The zero-order chi connectivity index (χ0) is 21.1. The second-order valence-corrected chi connectivity index (χ2v) is 8.62. The summed E-state index contributed by atoms with van der Waals surface area (Å²) in [5, 5.41) is 23.8. The molecule has 1 saturated heterocycles. The van der Waals surface area contributed by atoms with Crippen LogP contribution in [0.2, 0.25) is 5.02 Å².